The maximum atomic E-state index is 11.3. The van der Waals surface area contributed by atoms with Crippen LogP contribution in [0, 0.1) is 0 Å². The van der Waals surface area contributed by atoms with Crippen molar-refractivity contribution in [1.82, 2.24) is 4.90 Å². The number of hydrogen-bond donors (Lipinski definition) is 0. The average Bonchev–Trinajstić information content (AvgIpc) is 2.98. The van der Waals surface area contributed by atoms with Crippen molar-refractivity contribution in [3.05, 3.63) is 45.0 Å². The van der Waals surface area contributed by atoms with Gasteiger partial charge in [-0.25, -0.2) is 4.79 Å². The molecule has 4 nitrogen and oxygen atoms in total. The van der Waals surface area contributed by atoms with Crippen LogP contribution in [0.2, 0.25) is 4.34 Å². The molecule has 0 unspecified atom stereocenters. The number of halogens is 1. The number of furan rings is 1. The number of carbonyl (C=O) groups excluding carboxylic acids is 1. The predicted octanol–water partition coefficient (Wildman–Crippen LogP) is 3.41. The van der Waals surface area contributed by atoms with E-state index in [4.69, 9.17) is 16.0 Å². The zero-order chi connectivity index (χ0) is 13.8. The van der Waals surface area contributed by atoms with Gasteiger partial charge in [-0.3, -0.25) is 4.90 Å². The molecule has 0 spiro atoms. The Hall–Kier alpha value is -1.30. The minimum atomic E-state index is -0.459. The smallest absolute Gasteiger partial charge is 0.373 e. The van der Waals surface area contributed by atoms with Crippen LogP contribution in [0.25, 0.3) is 0 Å². The number of carbonyl (C=O) groups is 1. The number of thiophene rings is 1. The van der Waals surface area contributed by atoms with Crippen LogP contribution in [0.4, 0.5) is 0 Å². The molecule has 0 fully saturated rings. The van der Waals surface area contributed by atoms with E-state index in [-0.39, 0.29) is 5.76 Å². The van der Waals surface area contributed by atoms with Crippen molar-refractivity contribution >= 4 is 28.9 Å². The summed E-state index contributed by atoms with van der Waals surface area (Å²) in [4.78, 5) is 14.5. The molecule has 0 aliphatic carbocycles. The summed E-state index contributed by atoms with van der Waals surface area (Å²) in [6, 6.07) is 7.30. The second kappa shape index (κ2) is 6.23. The fourth-order valence-corrected chi connectivity index (χ4v) is 2.87. The molecule has 0 aliphatic heterocycles. The van der Waals surface area contributed by atoms with Crippen molar-refractivity contribution in [3.63, 3.8) is 0 Å². The molecule has 0 amide bonds. The second-order valence-electron chi connectivity index (χ2n) is 4.14. The van der Waals surface area contributed by atoms with Crippen LogP contribution in [0.3, 0.4) is 0 Å². The highest BCUT2D eigenvalue weighted by atomic mass is 35.5. The Morgan fingerprint density at radius 3 is 2.79 bits per heavy atom. The molecule has 2 rings (SSSR count). The molecule has 102 valence electrons. The van der Waals surface area contributed by atoms with Crippen LogP contribution >= 0.6 is 22.9 Å². The van der Waals surface area contributed by atoms with E-state index < -0.39 is 5.97 Å². The third-order valence-corrected chi connectivity index (χ3v) is 3.74. The molecule has 2 heterocycles. The molecule has 0 bridgehead atoms. The lowest BCUT2D eigenvalue weighted by atomic mass is 10.3. The van der Waals surface area contributed by atoms with E-state index in [0.717, 1.165) is 16.6 Å². The monoisotopic (exact) mass is 299 g/mol. The number of hydrogen-bond acceptors (Lipinski definition) is 5. The maximum absolute atomic E-state index is 11.3. The predicted molar refractivity (Wildman–Crippen MR) is 74.5 cm³/mol. The highest BCUT2D eigenvalue weighted by Gasteiger charge is 2.12. The van der Waals surface area contributed by atoms with E-state index in [1.165, 1.54) is 12.0 Å². The standard InChI is InChI=1S/C13H14ClNO3S/c1-15(8-10-4-6-12(14)19-10)7-9-3-5-11(18-9)13(16)17-2/h3-6H,7-8H2,1-2H3. The maximum Gasteiger partial charge on any atom is 0.373 e. The number of ether oxygens (including phenoxy) is 1. The molecule has 0 saturated carbocycles. The van der Waals surface area contributed by atoms with Gasteiger partial charge in [0.1, 0.15) is 5.76 Å². The number of nitrogens with zero attached hydrogens (tertiary/aromatic N) is 1. The Morgan fingerprint density at radius 1 is 1.37 bits per heavy atom. The first-order valence-corrected chi connectivity index (χ1v) is 6.87. The SMILES string of the molecule is COC(=O)c1ccc(CN(C)Cc2ccc(Cl)s2)o1. The van der Waals surface area contributed by atoms with E-state index in [1.807, 2.05) is 19.2 Å². The third-order valence-electron chi connectivity index (χ3n) is 2.53. The molecule has 0 saturated heterocycles. The Bertz CT molecular complexity index is 564. The van der Waals surface area contributed by atoms with Gasteiger partial charge in [0.25, 0.3) is 0 Å². The summed E-state index contributed by atoms with van der Waals surface area (Å²) < 4.78 is 10.8. The first kappa shape index (κ1) is 14.1. The van der Waals surface area contributed by atoms with Gasteiger partial charge < -0.3 is 9.15 Å². The van der Waals surface area contributed by atoms with Crippen molar-refractivity contribution in [3.8, 4) is 0 Å². The van der Waals surface area contributed by atoms with Crippen molar-refractivity contribution in [2.45, 2.75) is 13.1 Å². The number of rotatable bonds is 5. The van der Waals surface area contributed by atoms with Gasteiger partial charge in [-0.15, -0.1) is 11.3 Å². The average molecular weight is 300 g/mol. The van der Waals surface area contributed by atoms with Crippen molar-refractivity contribution < 1.29 is 13.9 Å². The lowest BCUT2D eigenvalue weighted by Gasteiger charge is -2.13. The highest BCUT2D eigenvalue weighted by Crippen LogP contribution is 2.23. The van der Waals surface area contributed by atoms with Gasteiger partial charge in [0.05, 0.1) is 18.0 Å². The summed E-state index contributed by atoms with van der Waals surface area (Å²) >= 11 is 7.45. The summed E-state index contributed by atoms with van der Waals surface area (Å²) in [5.41, 5.74) is 0. The minimum absolute atomic E-state index is 0.227. The van der Waals surface area contributed by atoms with Gasteiger partial charge in [-0.1, -0.05) is 11.6 Å². The zero-order valence-corrected chi connectivity index (χ0v) is 12.3. The minimum Gasteiger partial charge on any atom is -0.463 e. The first-order valence-electron chi connectivity index (χ1n) is 5.68. The van der Waals surface area contributed by atoms with Crippen LogP contribution in [-0.4, -0.2) is 25.0 Å². The molecule has 0 aromatic carbocycles. The van der Waals surface area contributed by atoms with Gasteiger partial charge in [-0.05, 0) is 31.3 Å². The van der Waals surface area contributed by atoms with E-state index in [0.29, 0.717) is 6.54 Å². The van der Waals surface area contributed by atoms with Crippen LogP contribution in [0.15, 0.2) is 28.7 Å². The summed E-state index contributed by atoms with van der Waals surface area (Å²) in [5, 5.41) is 0. The Balaban J connectivity index is 1.93. The summed E-state index contributed by atoms with van der Waals surface area (Å²) in [6.45, 7) is 1.40. The van der Waals surface area contributed by atoms with Gasteiger partial charge in [-0.2, -0.15) is 0 Å². The van der Waals surface area contributed by atoms with E-state index >= 15 is 0 Å². The normalized spacial score (nSPS) is 10.9. The third kappa shape index (κ3) is 3.83. The molecule has 2 aromatic heterocycles. The van der Waals surface area contributed by atoms with Gasteiger partial charge >= 0.3 is 5.97 Å². The molecule has 0 N–H and O–H groups in total. The van der Waals surface area contributed by atoms with Crippen LogP contribution in [0.1, 0.15) is 21.2 Å². The van der Waals surface area contributed by atoms with Crippen molar-refractivity contribution in [2.75, 3.05) is 14.2 Å². The molecule has 2 aromatic rings. The van der Waals surface area contributed by atoms with Crippen LogP contribution < -0.4 is 0 Å². The lowest BCUT2D eigenvalue weighted by Crippen LogP contribution is -2.16. The van der Waals surface area contributed by atoms with E-state index in [1.54, 1.807) is 23.5 Å². The first-order chi connectivity index (χ1) is 9.08. The highest BCUT2D eigenvalue weighted by molar-refractivity contribution is 7.16. The fourth-order valence-electron chi connectivity index (χ4n) is 1.70. The van der Waals surface area contributed by atoms with Crippen molar-refractivity contribution in [1.29, 1.82) is 0 Å². The topological polar surface area (TPSA) is 42.7 Å². The Labute approximate surface area is 120 Å². The van der Waals surface area contributed by atoms with Crippen molar-refractivity contribution in [2.24, 2.45) is 0 Å². The van der Waals surface area contributed by atoms with Gasteiger partial charge in [0, 0.05) is 11.4 Å². The summed E-state index contributed by atoms with van der Waals surface area (Å²) in [6.07, 6.45) is 0. The fraction of sp³-hybridized carbons (Fsp3) is 0.308. The Morgan fingerprint density at radius 2 is 2.16 bits per heavy atom. The molecule has 19 heavy (non-hydrogen) atoms. The lowest BCUT2D eigenvalue weighted by molar-refractivity contribution is 0.0561. The zero-order valence-electron chi connectivity index (χ0n) is 10.7. The largest absolute Gasteiger partial charge is 0.463 e. The molecule has 0 aliphatic rings. The van der Waals surface area contributed by atoms with Gasteiger partial charge in [0.2, 0.25) is 5.76 Å². The quantitative estimate of drug-likeness (QED) is 0.794. The molecular weight excluding hydrogens is 286 g/mol. The Kier molecular flexibility index (Phi) is 4.63. The van der Waals surface area contributed by atoms with Crippen LogP contribution in [-0.2, 0) is 17.8 Å². The van der Waals surface area contributed by atoms with E-state index in [9.17, 15) is 4.79 Å². The molecular formula is C13H14ClNO3S. The number of esters is 1. The summed E-state index contributed by atoms with van der Waals surface area (Å²) in [5.74, 6) is 0.495. The number of methoxy groups -OCH3 is 1. The molecule has 0 atom stereocenters. The molecule has 0 radical (unpaired) electrons. The molecule has 6 heteroatoms. The van der Waals surface area contributed by atoms with Gasteiger partial charge in [0.15, 0.2) is 0 Å². The van der Waals surface area contributed by atoms with E-state index in [2.05, 4.69) is 9.64 Å². The summed E-state index contributed by atoms with van der Waals surface area (Å²) in [7, 11) is 3.31. The van der Waals surface area contributed by atoms with Crippen LogP contribution in [0.5, 0.6) is 0 Å². The second-order valence-corrected chi connectivity index (χ2v) is 5.94.